The molecule has 6 heteroatoms. The van der Waals surface area contributed by atoms with Gasteiger partial charge in [0.25, 0.3) is 5.91 Å². The Morgan fingerprint density at radius 1 is 0.964 bits per heavy atom. The molecule has 1 aliphatic rings. The van der Waals surface area contributed by atoms with E-state index in [1.165, 1.54) is 17.1 Å². The van der Waals surface area contributed by atoms with Gasteiger partial charge in [-0.25, -0.2) is 9.40 Å². The van der Waals surface area contributed by atoms with E-state index in [0.717, 1.165) is 21.3 Å². The standard InChI is InChI=1S/C22H15Br2FN2O/c23-16-9-5-14(6-10-16)20-13-21(15-7-11-17(25)12-8-15)27(26-20)22(28)18-3-1-2-4-19(18)24/h1-12,21H,13H2/t21-/m1/s1. The lowest BCUT2D eigenvalue weighted by Gasteiger charge is -2.22. The van der Waals surface area contributed by atoms with E-state index in [0.29, 0.717) is 16.5 Å². The van der Waals surface area contributed by atoms with Crippen LogP contribution in [0.15, 0.2) is 86.8 Å². The van der Waals surface area contributed by atoms with Crippen molar-refractivity contribution in [2.45, 2.75) is 12.5 Å². The number of rotatable bonds is 3. The van der Waals surface area contributed by atoms with Gasteiger partial charge in [0, 0.05) is 15.4 Å². The smallest absolute Gasteiger partial charge is 0.267 e. The summed E-state index contributed by atoms with van der Waals surface area (Å²) in [5, 5.41) is 6.16. The Bertz CT molecular complexity index is 1050. The molecule has 0 radical (unpaired) electrons. The first-order valence-corrected chi connectivity index (χ1v) is 10.3. The van der Waals surface area contributed by atoms with Crippen molar-refractivity contribution in [2.75, 3.05) is 0 Å². The van der Waals surface area contributed by atoms with Crippen molar-refractivity contribution in [3.8, 4) is 0 Å². The summed E-state index contributed by atoms with van der Waals surface area (Å²) in [5.41, 5.74) is 3.16. The first-order valence-electron chi connectivity index (χ1n) is 8.70. The van der Waals surface area contributed by atoms with Gasteiger partial charge in [0.05, 0.1) is 17.3 Å². The molecule has 1 heterocycles. The molecule has 0 unspecified atom stereocenters. The molecule has 0 aromatic heterocycles. The minimum absolute atomic E-state index is 0.200. The van der Waals surface area contributed by atoms with Gasteiger partial charge in [-0.15, -0.1) is 0 Å². The summed E-state index contributed by atoms with van der Waals surface area (Å²) in [6.45, 7) is 0. The highest BCUT2D eigenvalue weighted by atomic mass is 79.9. The third kappa shape index (κ3) is 3.80. The third-order valence-corrected chi connectivity index (χ3v) is 5.88. The van der Waals surface area contributed by atoms with E-state index in [4.69, 9.17) is 0 Å². The number of nitrogens with zero attached hydrogens (tertiary/aromatic N) is 2. The molecule has 3 aromatic carbocycles. The Kier molecular flexibility index (Phi) is 5.42. The lowest BCUT2D eigenvalue weighted by Crippen LogP contribution is -2.27. The fourth-order valence-electron chi connectivity index (χ4n) is 3.22. The number of halogens is 3. The Morgan fingerprint density at radius 2 is 1.64 bits per heavy atom. The normalized spacial score (nSPS) is 16.2. The summed E-state index contributed by atoms with van der Waals surface area (Å²) in [7, 11) is 0. The lowest BCUT2D eigenvalue weighted by molar-refractivity contribution is 0.0710. The van der Waals surface area contributed by atoms with Crippen molar-refractivity contribution >= 4 is 43.5 Å². The molecular formula is C22H15Br2FN2O. The highest BCUT2D eigenvalue weighted by Gasteiger charge is 2.34. The maximum atomic E-state index is 13.4. The molecule has 0 spiro atoms. The Balaban J connectivity index is 1.75. The molecule has 1 amide bonds. The van der Waals surface area contributed by atoms with Crippen LogP contribution in [0.25, 0.3) is 0 Å². The zero-order valence-electron chi connectivity index (χ0n) is 14.6. The maximum absolute atomic E-state index is 13.4. The summed E-state index contributed by atoms with van der Waals surface area (Å²) >= 11 is 6.88. The van der Waals surface area contributed by atoms with E-state index in [1.54, 1.807) is 18.2 Å². The van der Waals surface area contributed by atoms with Crippen LogP contribution in [0.5, 0.6) is 0 Å². The highest BCUT2D eigenvalue weighted by Crippen LogP contribution is 2.35. The van der Waals surface area contributed by atoms with Crippen molar-refractivity contribution in [1.82, 2.24) is 5.01 Å². The van der Waals surface area contributed by atoms with E-state index < -0.39 is 0 Å². The molecule has 0 fully saturated rings. The van der Waals surface area contributed by atoms with Crippen molar-refractivity contribution in [2.24, 2.45) is 5.10 Å². The van der Waals surface area contributed by atoms with Crippen LogP contribution in [0.3, 0.4) is 0 Å². The van der Waals surface area contributed by atoms with Gasteiger partial charge in [-0.05, 0) is 63.5 Å². The van der Waals surface area contributed by atoms with Crippen molar-refractivity contribution in [3.63, 3.8) is 0 Å². The molecule has 3 nitrogen and oxygen atoms in total. The average molecular weight is 502 g/mol. The minimum Gasteiger partial charge on any atom is -0.267 e. The third-order valence-electron chi connectivity index (χ3n) is 4.65. The molecule has 28 heavy (non-hydrogen) atoms. The van der Waals surface area contributed by atoms with Crippen LogP contribution in [-0.2, 0) is 0 Å². The molecule has 0 N–H and O–H groups in total. The van der Waals surface area contributed by atoms with Gasteiger partial charge < -0.3 is 0 Å². The number of hydrogen-bond acceptors (Lipinski definition) is 2. The fraction of sp³-hybridized carbons (Fsp3) is 0.0909. The van der Waals surface area contributed by atoms with Crippen molar-refractivity contribution < 1.29 is 9.18 Å². The largest absolute Gasteiger partial charge is 0.275 e. The molecule has 0 aliphatic carbocycles. The Morgan fingerprint density at radius 3 is 2.32 bits per heavy atom. The van der Waals surface area contributed by atoms with Gasteiger partial charge in [-0.2, -0.15) is 5.10 Å². The fourth-order valence-corrected chi connectivity index (χ4v) is 3.94. The number of hydrazone groups is 1. The topological polar surface area (TPSA) is 32.7 Å². The van der Waals surface area contributed by atoms with Gasteiger partial charge in [-0.1, -0.05) is 52.3 Å². The van der Waals surface area contributed by atoms with Gasteiger partial charge in [0.15, 0.2) is 0 Å². The van der Waals surface area contributed by atoms with Gasteiger partial charge >= 0.3 is 0 Å². The number of carbonyl (C=O) groups excluding carboxylic acids is 1. The molecular weight excluding hydrogens is 487 g/mol. The molecule has 4 rings (SSSR count). The zero-order chi connectivity index (χ0) is 19.7. The van der Waals surface area contributed by atoms with Crippen molar-refractivity contribution in [3.05, 3.63) is 104 Å². The van der Waals surface area contributed by atoms with E-state index in [2.05, 4.69) is 37.0 Å². The molecule has 140 valence electrons. The van der Waals surface area contributed by atoms with Crippen LogP contribution in [0, 0.1) is 5.82 Å². The van der Waals surface area contributed by atoms with E-state index in [1.807, 2.05) is 42.5 Å². The average Bonchev–Trinajstić information content (AvgIpc) is 3.14. The molecule has 3 aromatic rings. The maximum Gasteiger partial charge on any atom is 0.275 e. The summed E-state index contributed by atoms with van der Waals surface area (Å²) in [6.07, 6.45) is 0.559. The second kappa shape index (κ2) is 7.97. The molecule has 1 atom stereocenters. The van der Waals surface area contributed by atoms with Gasteiger partial charge in [-0.3, -0.25) is 4.79 Å². The van der Waals surface area contributed by atoms with E-state index in [-0.39, 0.29) is 17.8 Å². The van der Waals surface area contributed by atoms with Gasteiger partial charge in [0.1, 0.15) is 5.82 Å². The van der Waals surface area contributed by atoms with Crippen LogP contribution < -0.4 is 0 Å². The highest BCUT2D eigenvalue weighted by molar-refractivity contribution is 9.10. The minimum atomic E-state index is -0.306. The second-order valence-electron chi connectivity index (χ2n) is 6.45. The first-order chi connectivity index (χ1) is 13.5. The summed E-state index contributed by atoms with van der Waals surface area (Å²) in [4.78, 5) is 13.3. The quantitative estimate of drug-likeness (QED) is 0.412. The van der Waals surface area contributed by atoms with E-state index in [9.17, 15) is 9.18 Å². The predicted molar refractivity (Wildman–Crippen MR) is 115 cm³/mol. The van der Waals surface area contributed by atoms with Crippen molar-refractivity contribution in [1.29, 1.82) is 0 Å². The van der Waals surface area contributed by atoms with Gasteiger partial charge in [0.2, 0.25) is 0 Å². The molecule has 1 aliphatic heterocycles. The lowest BCUT2D eigenvalue weighted by atomic mass is 9.98. The van der Waals surface area contributed by atoms with Crippen LogP contribution in [0.4, 0.5) is 4.39 Å². The number of hydrogen-bond donors (Lipinski definition) is 0. The Labute approximate surface area is 179 Å². The zero-order valence-corrected chi connectivity index (χ0v) is 17.8. The van der Waals surface area contributed by atoms with E-state index >= 15 is 0 Å². The Hall–Kier alpha value is -2.31. The predicted octanol–water partition coefficient (Wildman–Crippen LogP) is 6.34. The second-order valence-corrected chi connectivity index (χ2v) is 8.22. The van der Waals surface area contributed by atoms with Crippen LogP contribution >= 0.6 is 31.9 Å². The molecule has 0 saturated heterocycles. The SMILES string of the molecule is O=C(c1ccccc1Br)N1N=C(c2ccc(Br)cc2)C[C@@H]1c1ccc(F)cc1. The number of carbonyl (C=O) groups is 1. The van der Waals surface area contributed by atoms with Crippen LogP contribution in [-0.4, -0.2) is 16.6 Å². The van der Waals surface area contributed by atoms with Crippen LogP contribution in [0.1, 0.15) is 33.9 Å². The summed E-state index contributed by atoms with van der Waals surface area (Å²) in [5.74, 6) is -0.506. The number of amides is 1. The molecule has 0 saturated carbocycles. The molecule has 0 bridgehead atoms. The van der Waals surface area contributed by atoms with Crippen LogP contribution in [0.2, 0.25) is 0 Å². The monoisotopic (exact) mass is 500 g/mol. The first kappa shape index (κ1) is 19.0. The summed E-state index contributed by atoms with van der Waals surface area (Å²) < 4.78 is 15.1. The number of benzene rings is 3. The summed E-state index contributed by atoms with van der Waals surface area (Å²) in [6, 6.07) is 21.1.